The largest absolute Gasteiger partial charge is 0.481 e. The third-order valence-electron chi connectivity index (χ3n) is 5.21. The number of guanidine groups is 1. The smallest absolute Gasteiger partial charge is 0.326 e. The number of hydrogen-bond donors (Lipinski definition) is 10. The maximum atomic E-state index is 12.6. The quantitative estimate of drug-likeness (QED) is 0.0509. The molecule has 0 unspecified atom stereocenters. The fraction of sp³-hybridized carbons (Fsp3) is 0.650. The van der Waals surface area contributed by atoms with Crippen molar-refractivity contribution in [3.63, 3.8) is 0 Å². The van der Waals surface area contributed by atoms with Crippen LogP contribution < -0.4 is 38.1 Å². The van der Waals surface area contributed by atoms with Crippen molar-refractivity contribution in [1.82, 2.24) is 26.6 Å². The lowest BCUT2D eigenvalue weighted by atomic mass is 10.1. The molecule has 0 aliphatic carbocycles. The molecule has 37 heavy (non-hydrogen) atoms. The highest BCUT2D eigenvalue weighted by atomic mass is 16.4. The maximum Gasteiger partial charge on any atom is 0.326 e. The van der Waals surface area contributed by atoms with Crippen LogP contribution in [-0.2, 0) is 28.8 Å². The van der Waals surface area contributed by atoms with Gasteiger partial charge in [-0.05, 0) is 32.2 Å². The van der Waals surface area contributed by atoms with Gasteiger partial charge in [0.05, 0.1) is 25.6 Å². The fourth-order valence-corrected chi connectivity index (χ4v) is 3.33. The van der Waals surface area contributed by atoms with Crippen molar-refractivity contribution in [2.75, 3.05) is 26.2 Å². The Hall–Kier alpha value is -3.99. The predicted octanol–water partition coefficient (Wildman–Crippen LogP) is -5.09. The monoisotopic (exact) mass is 530 g/mol. The molecule has 0 radical (unpaired) electrons. The lowest BCUT2D eigenvalue weighted by Crippen LogP contribution is -2.57. The second-order valence-corrected chi connectivity index (χ2v) is 8.18. The summed E-state index contributed by atoms with van der Waals surface area (Å²) in [6, 6.07) is -4.96. The summed E-state index contributed by atoms with van der Waals surface area (Å²) < 4.78 is 0. The van der Waals surface area contributed by atoms with Gasteiger partial charge >= 0.3 is 11.9 Å². The Morgan fingerprint density at radius 1 is 0.973 bits per heavy atom. The molecule has 1 heterocycles. The maximum absolute atomic E-state index is 12.6. The fourth-order valence-electron chi connectivity index (χ4n) is 3.33. The summed E-state index contributed by atoms with van der Waals surface area (Å²) >= 11 is 0. The standard InChI is InChI=1S/C20H34N8O9/c21-20(22)24-6-2-4-11(19(36)37)26-14(30)8-25-16(33)13(9-29)28-18(35)12(7-15(31)32)27-17(34)10-3-1-5-23-10/h10-13,23,29H,1-9H2,(H,25,33)(H,26,30)(H,27,34)(H,28,35)(H,31,32)(H,36,37)(H4,21,22,24)/t10-,11-,12-,13-/m0/s1. The Morgan fingerprint density at radius 2 is 1.68 bits per heavy atom. The number of carboxylic acids is 2. The highest BCUT2D eigenvalue weighted by Gasteiger charge is 2.31. The molecule has 1 aliphatic rings. The molecule has 17 nitrogen and oxygen atoms in total. The third kappa shape index (κ3) is 12.0. The van der Waals surface area contributed by atoms with Gasteiger partial charge in [0.25, 0.3) is 0 Å². The number of aliphatic hydroxyl groups excluding tert-OH is 1. The summed E-state index contributed by atoms with van der Waals surface area (Å²) in [5, 5.41) is 39.5. The zero-order valence-corrected chi connectivity index (χ0v) is 20.1. The number of nitrogens with one attached hydrogen (secondary N) is 5. The Morgan fingerprint density at radius 3 is 2.22 bits per heavy atom. The summed E-state index contributed by atoms with van der Waals surface area (Å²) in [5.41, 5.74) is 10.4. The SMILES string of the molecule is NC(N)=NCCC[C@H](NC(=O)CNC(=O)[C@H](CO)NC(=O)[C@H](CC(=O)O)NC(=O)[C@@H]1CCCN1)C(=O)O. The number of aliphatic carboxylic acids is 2. The first-order chi connectivity index (χ1) is 17.4. The van der Waals surface area contributed by atoms with Gasteiger partial charge in [-0.25, -0.2) is 4.79 Å². The van der Waals surface area contributed by atoms with E-state index in [1.807, 2.05) is 0 Å². The van der Waals surface area contributed by atoms with E-state index in [1.165, 1.54) is 0 Å². The molecule has 0 aromatic rings. The zero-order valence-electron chi connectivity index (χ0n) is 20.1. The van der Waals surface area contributed by atoms with Crippen LogP contribution in [0.4, 0.5) is 0 Å². The molecule has 0 bridgehead atoms. The number of carbonyl (C=O) groups excluding carboxylic acids is 4. The minimum absolute atomic E-state index is 0.00812. The van der Waals surface area contributed by atoms with E-state index in [4.69, 9.17) is 16.6 Å². The van der Waals surface area contributed by atoms with Crippen LogP contribution in [0.1, 0.15) is 32.1 Å². The lowest BCUT2D eigenvalue weighted by Gasteiger charge is -2.22. The van der Waals surface area contributed by atoms with Gasteiger partial charge in [0.2, 0.25) is 23.6 Å². The van der Waals surface area contributed by atoms with Crippen LogP contribution in [0, 0.1) is 0 Å². The Kier molecular flexibility index (Phi) is 13.3. The van der Waals surface area contributed by atoms with Crippen LogP contribution in [0.15, 0.2) is 4.99 Å². The summed E-state index contributed by atoms with van der Waals surface area (Å²) in [7, 11) is 0. The molecule has 0 aromatic heterocycles. The van der Waals surface area contributed by atoms with E-state index >= 15 is 0 Å². The molecule has 17 heteroatoms. The minimum atomic E-state index is -1.58. The Labute approximate surface area is 211 Å². The van der Waals surface area contributed by atoms with Crippen molar-refractivity contribution < 1.29 is 44.1 Å². The molecule has 4 atom stereocenters. The average Bonchev–Trinajstić information content (AvgIpc) is 3.37. The number of aliphatic hydroxyl groups is 1. The molecule has 1 rings (SSSR count). The topological polar surface area (TPSA) is 288 Å². The number of hydrogen-bond acceptors (Lipinski definition) is 9. The minimum Gasteiger partial charge on any atom is -0.481 e. The lowest BCUT2D eigenvalue weighted by molar-refractivity contribution is -0.142. The first-order valence-corrected chi connectivity index (χ1v) is 11.5. The van der Waals surface area contributed by atoms with Crippen molar-refractivity contribution in [2.45, 2.75) is 56.3 Å². The van der Waals surface area contributed by atoms with E-state index in [-0.39, 0.29) is 25.3 Å². The first-order valence-electron chi connectivity index (χ1n) is 11.5. The Balaban J connectivity index is 2.63. The first kappa shape index (κ1) is 31.0. The van der Waals surface area contributed by atoms with Gasteiger partial charge in [-0.15, -0.1) is 0 Å². The van der Waals surface area contributed by atoms with Crippen LogP contribution in [0.3, 0.4) is 0 Å². The van der Waals surface area contributed by atoms with Gasteiger partial charge < -0.3 is 53.4 Å². The molecule has 12 N–H and O–H groups in total. The van der Waals surface area contributed by atoms with E-state index in [2.05, 4.69) is 31.6 Å². The van der Waals surface area contributed by atoms with Gasteiger partial charge in [-0.2, -0.15) is 0 Å². The molecule has 1 aliphatic heterocycles. The van der Waals surface area contributed by atoms with Gasteiger partial charge in [-0.3, -0.25) is 29.0 Å². The van der Waals surface area contributed by atoms with Gasteiger partial charge in [0, 0.05) is 6.54 Å². The van der Waals surface area contributed by atoms with E-state index in [9.17, 15) is 39.0 Å². The second kappa shape index (κ2) is 15.9. The highest BCUT2D eigenvalue weighted by molar-refractivity contribution is 5.96. The summed E-state index contributed by atoms with van der Waals surface area (Å²) in [6.45, 7) is -0.832. The van der Waals surface area contributed by atoms with Crippen LogP contribution in [0.5, 0.6) is 0 Å². The number of carbonyl (C=O) groups is 6. The van der Waals surface area contributed by atoms with E-state index in [0.29, 0.717) is 13.0 Å². The van der Waals surface area contributed by atoms with Gasteiger partial charge in [0.15, 0.2) is 5.96 Å². The predicted molar refractivity (Wildman–Crippen MR) is 127 cm³/mol. The van der Waals surface area contributed by atoms with E-state index in [0.717, 1.165) is 6.42 Å². The summed E-state index contributed by atoms with van der Waals surface area (Å²) in [5.74, 6) is -6.32. The molecule has 0 spiro atoms. The average molecular weight is 531 g/mol. The number of carboxylic acid groups (broad SMARTS) is 2. The van der Waals surface area contributed by atoms with Crippen LogP contribution in [-0.4, -0.2) is 107 Å². The van der Waals surface area contributed by atoms with Crippen LogP contribution in [0.25, 0.3) is 0 Å². The number of rotatable bonds is 16. The highest BCUT2D eigenvalue weighted by Crippen LogP contribution is 2.06. The molecule has 4 amide bonds. The number of aliphatic imine (C=N–C) groups is 1. The van der Waals surface area contributed by atoms with Crippen molar-refractivity contribution in [2.24, 2.45) is 16.5 Å². The molecular formula is C20H34N8O9. The Bertz CT molecular complexity index is 872. The zero-order chi connectivity index (χ0) is 28.0. The van der Waals surface area contributed by atoms with Crippen LogP contribution in [0.2, 0.25) is 0 Å². The summed E-state index contributed by atoms with van der Waals surface area (Å²) in [6.07, 6.45) is 0.737. The normalized spacial score (nSPS) is 16.9. The molecule has 0 saturated carbocycles. The molecule has 1 saturated heterocycles. The van der Waals surface area contributed by atoms with Gasteiger partial charge in [-0.1, -0.05) is 0 Å². The second-order valence-electron chi connectivity index (χ2n) is 8.18. The molecular weight excluding hydrogens is 496 g/mol. The number of nitrogens with two attached hydrogens (primary N) is 2. The van der Waals surface area contributed by atoms with Crippen molar-refractivity contribution in [1.29, 1.82) is 0 Å². The van der Waals surface area contributed by atoms with E-state index in [1.54, 1.807) is 0 Å². The number of amides is 4. The third-order valence-corrected chi connectivity index (χ3v) is 5.21. The van der Waals surface area contributed by atoms with Crippen molar-refractivity contribution in [3.8, 4) is 0 Å². The van der Waals surface area contributed by atoms with Crippen LogP contribution >= 0.6 is 0 Å². The molecule has 0 aromatic carbocycles. The molecule has 1 fully saturated rings. The summed E-state index contributed by atoms with van der Waals surface area (Å²) in [4.78, 5) is 75.5. The number of nitrogens with zero attached hydrogens (tertiary/aromatic N) is 1. The van der Waals surface area contributed by atoms with Gasteiger partial charge in [0.1, 0.15) is 18.1 Å². The van der Waals surface area contributed by atoms with E-state index < -0.39 is 79.3 Å². The van der Waals surface area contributed by atoms with Crippen molar-refractivity contribution >= 4 is 41.5 Å². The molecule has 208 valence electrons. The van der Waals surface area contributed by atoms with Crippen molar-refractivity contribution in [3.05, 3.63) is 0 Å².